The van der Waals surface area contributed by atoms with Gasteiger partial charge in [-0.25, -0.2) is 0 Å². The molecule has 1 unspecified atom stereocenters. The van der Waals surface area contributed by atoms with E-state index in [1.807, 2.05) is 6.92 Å². The Balaban J connectivity index is 2.65. The molecule has 0 N–H and O–H groups in total. The Morgan fingerprint density at radius 1 is 1.47 bits per heavy atom. The second-order valence-electron chi connectivity index (χ2n) is 4.48. The van der Waals surface area contributed by atoms with E-state index in [0.717, 1.165) is 6.42 Å². The molecule has 0 amide bonds. The Hall–Kier alpha value is -0.600. The van der Waals surface area contributed by atoms with Gasteiger partial charge in [0.05, 0.1) is 18.8 Å². The van der Waals surface area contributed by atoms with Crippen LogP contribution in [0, 0.1) is 0 Å². The van der Waals surface area contributed by atoms with E-state index >= 15 is 0 Å². The van der Waals surface area contributed by atoms with Gasteiger partial charge in [-0.05, 0) is 32.8 Å². The molecule has 15 heavy (non-hydrogen) atoms. The smallest absolute Gasteiger partial charge is 0.106 e. The summed E-state index contributed by atoms with van der Waals surface area (Å²) in [6.45, 7) is 9.65. The van der Waals surface area contributed by atoms with Gasteiger partial charge in [0.25, 0.3) is 0 Å². The maximum Gasteiger partial charge on any atom is 0.106 e. The summed E-state index contributed by atoms with van der Waals surface area (Å²) in [6.07, 6.45) is 7.52. The van der Waals surface area contributed by atoms with Crippen LogP contribution in [0.3, 0.4) is 0 Å². The molecule has 0 aromatic heterocycles. The highest BCUT2D eigenvalue weighted by atomic mass is 16.6. The zero-order chi connectivity index (χ0) is 11.3. The maximum atomic E-state index is 5.98. The van der Waals surface area contributed by atoms with Gasteiger partial charge in [0.1, 0.15) is 6.10 Å². The van der Waals surface area contributed by atoms with Crippen LogP contribution in [0.5, 0.6) is 0 Å². The molecular formula is C13H22O2. The molecule has 0 radical (unpaired) electrons. The van der Waals surface area contributed by atoms with Crippen LogP contribution in [-0.4, -0.2) is 24.9 Å². The van der Waals surface area contributed by atoms with E-state index in [1.54, 1.807) is 0 Å². The van der Waals surface area contributed by atoms with Crippen molar-refractivity contribution >= 4 is 0 Å². The monoisotopic (exact) mass is 210 g/mol. The molecule has 1 heterocycles. The highest BCUT2D eigenvalue weighted by Crippen LogP contribution is 2.23. The topological polar surface area (TPSA) is 18.5 Å². The van der Waals surface area contributed by atoms with E-state index < -0.39 is 0 Å². The first kappa shape index (κ1) is 12.5. The zero-order valence-electron chi connectivity index (χ0n) is 10.2. The molecule has 0 aliphatic carbocycles. The molecule has 1 fully saturated rings. The zero-order valence-corrected chi connectivity index (χ0v) is 10.2. The van der Waals surface area contributed by atoms with Crippen LogP contribution in [0.1, 0.15) is 34.1 Å². The van der Waals surface area contributed by atoms with Crippen molar-refractivity contribution in [3.05, 3.63) is 23.8 Å². The Kier molecular flexibility index (Phi) is 4.55. The minimum absolute atomic E-state index is 0.0848. The third kappa shape index (κ3) is 3.80. The predicted octanol–water partition coefficient (Wildman–Crippen LogP) is 3.09. The van der Waals surface area contributed by atoms with Crippen molar-refractivity contribution < 1.29 is 9.47 Å². The number of ether oxygens (including phenoxy) is 2. The van der Waals surface area contributed by atoms with E-state index in [-0.39, 0.29) is 11.7 Å². The van der Waals surface area contributed by atoms with Gasteiger partial charge < -0.3 is 9.47 Å². The summed E-state index contributed by atoms with van der Waals surface area (Å²) in [6, 6.07) is 0. The molecule has 86 valence electrons. The van der Waals surface area contributed by atoms with Crippen LogP contribution < -0.4 is 0 Å². The van der Waals surface area contributed by atoms with Gasteiger partial charge in [-0.3, -0.25) is 0 Å². The van der Waals surface area contributed by atoms with Crippen molar-refractivity contribution in [1.29, 1.82) is 0 Å². The molecule has 2 nitrogen and oxygen atoms in total. The normalized spacial score (nSPS) is 27.2. The van der Waals surface area contributed by atoms with Gasteiger partial charge in [-0.1, -0.05) is 25.2 Å². The fourth-order valence-electron chi connectivity index (χ4n) is 1.67. The predicted molar refractivity (Wildman–Crippen MR) is 63.0 cm³/mol. The third-order valence-corrected chi connectivity index (χ3v) is 2.43. The number of hydrogen-bond acceptors (Lipinski definition) is 2. The number of allylic oxidation sites excluding steroid dienone is 2. The molecule has 1 atom stereocenters. The van der Waals surface area contributed by atoms with E-state index in [1.165, 1.54) is 5.57 Å². The molecule has 2 heteroatoms. The summed E-state index contributed by atoms with van der Waals surface area (Å²) in [5.74, 6) is 0. The van der Waals surface area contributed by atoms with Crippen LogP contribution in [-0.2, 0) is 9.47 Å². The summed E-state index contributed by atoms with van der Waals surface area (Å²) < 4.78 is 11.5. The van der Waals surface area contributed by atoms with Crippen molar-refractivity contribution in [2.75, 3.05) is 13.2 Å². The molecule has 0 spiro atoms. The molecule has 1 rings (SSSR count). The maximum absolute atomic E-state index is 5.98. The van der Waals surface area contributed by atoms with Gasteiger partial charge in [-0.15, -0.1) is 0 Å². The van der Waals surface area contributed by atoms with Crippen LogP contribution in [0.15, 0.2) is 23.8 Å². The Labute approximate surface area is 93.0 Å². The van der Waals surface area contributed by atoms with E-state index in [9.17, 15) is 0 Å². The standard InChI is InChI=1S/C13H22O2/c1-5-7-8-11(6-2)12-9-14-10-13(3,4)15-12/h6-8,12H,5,9-10H2,1-4H3/b8-7-,11-6+. The van der Waals surface area contributed by atoms with Crippen LogP contribution in [0.25, 0.3) is 0 Å². The van der Waals surface area contributed by atoms with Crippen molar-refractivity contribution in [2.24, 2.45) is 0 Å². The first-order chi connectivity index (χ1) is 7.09. The molecule has 0 bridgehead atoms. The lowest BCUT2D eigenvalue weighted by Crippen LogP contribution is -2.43. The summed E-state index contributed by atoms with van der Waals surface area (Å²) in [4.78, 5) is 0. The number of rotatable bonds is 3. The van der Waals surface area contributed by atoms with Crippen LogP contribution in [0.2, 0.25) is 0 Å². The summed E-state index contributed by atoms with van der Waals surface area (Å²) >= 11 is 0. The first-order valence-electron chi connectivity index (χ1n) is 5.67. The average molecular weight is 210 g/mol. The molecule has 1 aliphatic heterocycles. The number of hydrogen-bond donors (Lipinski definition) is 0. The van der Waals surface area contributed by atoms with Gasteiger partial charge in [-0.2, -0.15) is 0 Å². The highest BCUT2D eigenvalue weighted by molar-refractivity contribution is 5.23. The Morgan fingerprint density at radius 2 is 2.20 bits per heavy atom. The second kappa shape index (κ2) is 5.47. The highest BCUT2D eigenvalue weighted by Gasteiger charge is 2.30. The largest absolute Gasteiger partial charge is 0.375 e. The Morgan fingerprint density at radius 3 is 2.73 bits per heavy atom. The van der Waals surface area contributed by atoms with E-state index in [2.05, 4.69) is 39.0 Å². The molecule has 1 saturated heterocycles. The van der Waals surface area contributed by atoms with Gasteiger partial charge in [0, 0.05) is 0 Å². The van der Waals surface area contributed by atoms with E-state index in [0.29, 0.717) is 13.2 Å². The minimum Gasteiger partial charge on any atom is -0.375 e. The lowest BCUT2D eigenvalue weighted by molar-refractivity contribution is -0.168. The average Bonchev–Trinajstić information content (AvgIpc) is 2.17. The fraction of sp³-hybridized carbons (Fsp3) is 0.692. The lowest BCUT2D eigenvalue weighted by Gasteiger charge is -2.36. The summed E-state index contributed by atoms with van der Waals surface area (Å²) in [5, 5.41) is 0. The fourth-order valence-corrected chi connectivity index (χ4v) is 1.67. The quantitative estimate of drug-likeness (QED) is 0.666. The van der Waals surface area contributed by atoms with E-state index in [4.69, 9.17) is 9.47 Å². The third-order valence-electron chi connectivity index (χ3n) is 2.43. The van der Waals surface area contributed by atoms with Crippen molar-refractivity contribution in [2.45, 2.75) is 45.8 Å². The van der Waals surface area contributed by atoms with Crippen molar-refractivity contribution in [1.82, 2.24) is 0 Å². The van der Waals surface area contributed by atoms with Crippen LogP contribution in [0.4, 0.5) is 0 Å². The first-order valence-corrected chi connectivity index (χ1v) is 5.67. The van der Waals surface area contributed by atoms with Gasteiger partial charge >= 0.3 is 0 Å². The van der Waals surface area contributed by atoms with Gasteiger partial charge in [0.2, 0.25) is 0 Å². The molecular weight excluding hydrogens is 188 g/mol. The SMILES string of the molecule is C/C=C(\C=C/CC)C1COCC(C)(C)O1. The summed E-state index contributed by atoms with van der Waals surface area (Å²) in [7, 11) is 0. The molecule has 0 aromatic rings. The molecule has 0 saturated carbocycles. The molecule has 0 aromatic carbocycles. The lowest BCUT2D eigenvalue weighted by atomic mass is 10.0. The van der Waals surface area contributed by atoms with Gasteiger partial charge in [0.15, 0.2) is 0 Å². The minimum atomic E-state index is -0.169. The summed E-state index contributed by atoms with van der Waals surface area (Å²) in [5.41, 5.74) is 1.04. The van der Waals surface area contributed by atoms with Crippen LogP contribution >= 0.6 is 0 Å². The van der Waals surface area contributed by atoms with Crippen molar-refractivity contribution in [3.63, 3.8) is 0 Å². The Bertz CT molecular complexity index is 251. The second-order valence-corrected chi connectivity index (χ2v) is 4.48. The van der Waals surface area contributed by atoms with Crippen molar-refractivity contribution in [3.8, 4) is 0 Å². The molecule has 1 aliphatic rings.